The molecular weight excluding hydrogens is 334 g/mol. The lowest BCUT2D eigenvalue weighted by Gasteiger charge is -2.11. The van der Waals surface area contributed by atoms with Crippen LogP contribution in [0.3, 0.4) is 0 Å². The van der Waals surface area contributed by atoms with Gasteiger partial charge in [0, 0.05) is 5.56 Å². The van der Waals surface area contributed by atoms with E-state index >= 15 is 0 Å². The van der Waals surface area contributed by atoms with Crippen molar-refractivity contribution in [1.82, 2.24) is 0 Å². The summed E-state index contributed by atoms with van der Waals surface area (Å²) in [6.45, 7) is 1.89. The van der Waals surface area contributed by atoms with Crippen LogP contribution in [0.5, 0.6) is 5.75 Å². The van der Waals surface area contributed by atoms with Crippen LogP contribution in [0.15, 0.2) is 94.2 Å². The van der Waals surface area contributed by atoms with Crippen molar-refractivity contribution in [1.29, 1.82) is 0 Å². The third kappa shape index (κ3) is 4.14. The number of nitrogens with zero attached hydrogens (tertiary/aromatic N) is 1. The predicted octanol–water partition coefficient (Wildman–Crippen LogP) is 4.21. The van der Waals surface area contributed by atoms with E-state index in [0.717, 1.165) is 5.56 Å². The van der Waals surface area contributed by atoms with Crippen molar-refractivity contribution < 1.29 is 13.2 Å². The van der Waals surface area contributed by atoms with Gasteiger partial charge in [-0.05, 0) is 42.8 Å². The third-order valence-electron chi connectivity index (χ3n) is 3.57. The summed E-state index contributed by atoms with van der Waals surface area (Å²) in [6, 6.07) is 24.5. The van der Waals surface area contributed by atoms with E-state index in [1.54, 1.807) is 48.5 Å². The van der Waals surface area contributed by atoms with Crippen molar-refractivity contribution in [2.24, 2.45) is 4.40 Å². The molecule has 0 amide bonds. The largest absolute Gasteiger partial charge is 0.437 e. The first-order chi connectivity index (χ1) is 12.1. The summed E-state index contributed by atoms with van der Waals surface area (Å²) in [7, 11) is -3.88. The molecule has 5 heteroatoms. The zero-order valence-electron chi connectivity index (χ0n) is 13.7. The number of rotatable bonds is 4. The van der Waals surface area contributed by atoms with E-state index < -0.39 is 10.0 Å². The van der Waals surface area contributed by atoms with Gasteiger partial charge in [0.1, 0.15) is 5.75 Å². The molecule has 0 saturated carbocycles. The molecule has 0 N–H and O–H groups in total. The molecule has 0 spiro atoms. The zero-order chi connectivity index (χ0) is 17.7. The number of benzene rings is 3. The molecule has 0 fully saturated rings. The minimum Gasteiger partial charge on any atom is -0.437 e. The third-order valence-corrected chi connectivity index (χ3v) is 4.84. The Kier molecular flexibility index (Phi) is 4.95. The quantitative estimate of drug-likeness (QED) is 0.523. The number of hydrogen-bond acceptors (Lipinski definition) is 3. The highest BCUT2D eigenvalue weighted by Gasteiger charge is 2.17. The molecule has 3 rings (SSSR count). The second-order valence-corrected chi connectivity index (χ2v) is 7.02. The molecule has 0 heterocycles. The van der Waals surface area contributed by atoms with Gasteiger partial charge >= 0.3 is 0 Å². The Morgan fingerprint density at radius 3 is 2.00 bits per heavy atom. The van der Waals surface area contributed by atoms with E-state index in [1.165, 1.54) is 12.1 Å². The fourth-order valence-corrected chi connectivity index (χ4v) is 3.21. The molecular formula is C20H17NO3S. The average Bonchev–Trinajstić information content (AvgIpc) is 2.64. The monoisotopic (exact) mass is 351 g/mol. The summed E-state index contributed by atoms with van der Waals surface area (Å²) in [6.07, 6.45) is 0. The minimum atomic E-state index is -3.88. The van der Waals surface area contributed by atoms with Gasteiger partial charge in [0.15, 0.2) is 0 Å². The topological polar surface area (TPSA) is 55.7 Å². The van der Waals surface area contributed by atoms with Gasteiger partial charge in [-0.1, -0.05) is 54.6 Å². The normalized spacial score (nSPS) is 12.0. The highest BCUT2D eigenvalue weighted by Crippen LogP contribution is 2.20. The van der Waals surface area contributed by atoms with Crippen molar-refractivity contribution in [3.8, 4) is 5.75 Å². The van der Waals surface area contributed by atoms with Crippen molar-refractivity contribution >= 4 is 15.9 Å². The summed E-state index contributed by atoms with van der Waals surface area (Å²) in [5.74, 6) is 0.604. The van der Waals surface area contributed by atoms with Gasteiger partial charge in [-0.25, -0.2) is 0 Å². The molecule has 4 nitrogen and oxygen atoms in total. The standard InChI is InChI=1S/C20H17NO3S/c1-16-10-8-9-15-19(16)24-20(17-11-4-2-5-12-17)21-25(22,23)18-13-6-3-7-14-18/h2-15H,1H3. The Bertz CT molecular complexity index is 982. The average molecular weight is 351 g/mol. The molecule has 0 atom stereocenters. The maximum atomic E-state index is 12.6. The maximum Gasteiger partial charge on any atom is 0.285 e. The van der Waals surface area contributed by atoms with Crippen LogP contribution in [0.25, 0.3) is 0 Å². The zero-order valence-corrected chi connectivity index (χ0v) is 14.5. The first-order valence-electron chi connectivity index (χ1n) is 7.75. The van der Waals surface area contributed by atoms with Crippen molar-refractivity contribution in [2.45, 2.75) is 11.8 Å². The molecule has 126 valence electrons. The number of ether oxygens (including phenoxy) is 1. The Balaban J connectivity index is 2.07. The van der Waals surface area contributed by atoms with Crippen LogP contribution in [0.2, 0.25) is 0 Å². The van der Waals surface area contributed by atoms with Gasteiger partial charge < -0.3 is 4.74 Å². The molecule has 25 heavy (non-hydrogen) atoms. The predicted molar refractivity (Wildman–Crippen MR) is 98.4 cm³/mol. The van der Waals surface area contributed by atoms with Crippen LogP contribution in [-0.2, 0) is 10.0 Å². The van der Waals surface area contributed by atoms with Gasteiger partial charge in [-0.15, -0.1) is 4.40 Å². The molecule has 0 saturated heterocycles. The van der Waals surface area contributed by atoms with Crippen LogP contribution >= 0.6 is 0 Å². The SMILES string of the molecule is Cc1ccccc1OC(=NS(=O)(=O)c1ccccc1)c1ccccc1. The van der Waals surface area contributed by atoms with Gasteiger partial charge in [0.25, 0.3) is 10.0 Å². The van der Waals surface area contributed by atoms with E-state index in [2.05, 4.69) is 4.40 Å². The molecule has 0 unspecified atom stereocenters. The van der Waals surface area contributed by atoms with Crippen LogP contribution in [0.1, 0.15) is 11.1 Å². The van der Waals surface area contributed by atoms with E-state index in [1.807, 2.05) is 31.2 Å². The van der Waals surface area contributed by atoms with Gasteiger partial charge in [0.2, 0.25) is 5.90 Å². The van der Waals surface area contributed by atoms with Gasteiger partial charge in [0.05, 0.1) is 4.90 Å². The van der Waals surface area contributed by atoms with Crippen molar-refractivity contribution in [3.05, 3.63) is 96.1 Å². The number of para-hydroxylation sites is 1. The highest BCUT2D eigenvalue weighted by molar-refractivity contribution is 7.90. The number of aryl methyl sites for hydroxylation is 1. The molecule has 0 aromatic heterocycles. The van der Waals surface area contributed by atoms with E-state index in [9.17, 15) is 8.42 Å². The molecule has 0 aliphatic rings. The lowest BCUT2D eigenvalue weighted by molar-refractivity contribution is 0.546. The summed E-state index contributed by atoms with van der Waals surface area (Å²) >= 11 is 0. The van der Waals surface area contributed by atoms with E-state index in [-0.39, 0.29) is 10.8 Å². The van der Waals surface area contributed by atoms with Gasteiger partial charge in [-0.3, -0.25) is 0 Å². The molecule has 0 aliphatic heterocycles. The van der Waals surface area contributed by atoms with E-state index in [4.69, 9.17) is 4.74 Å². The summed E-state index contributed by atoms with van der Waals surface area (Å²) < 4.78 is 35.1. The summed E-state index contributed by atoms with van der Waals surface area (Å²) in [5.41, 5.74) is 1.48. The highest BCUT2D eigenvalue weighted by atomic mass is 32.2. The first-order valence-corrected chi connectivity index (χ1v) is 9.19. The van der Waals surface area contributed by atoms with Gasteiger partial charge in [-0.2, -0.15) is 8.42 Å². The first kappa shape index (κ1) is 16.9. The number of hydrogen-bond donors (Lipinski definition) is 0. The van der Waals surface area contributed by atoms with Crippen LogP contribution in [-0.4, -0.2) is 14.3 Å². The molecule has 0 radical (unpaired) electrons. The Labute approximate surface area is 147 Å². The lowest BCUT2D eigenvalue weighted by Crippen LogP contribution is -2.14. The van der Waals surface area contributed by atoms with Crippen LogP contribution in [0, 0.1) is 6.92 Å². The van der Waals surface area contributed by atoms with Crippen LogP contribution < -0.4 is 4.74 Å². The fraction of sp³-hybridized carbons (Fsp3) is 0.0500. The molecule has 0 bridgehead atoms. The second kappa shape index (κ2) is 7.32. The summed E-state index contributed by atoms with van der Waals surface area (Å²) in [4.78, 5) is 0.122. The van der Waals surface area contributed by atoms with Crippen LogP contribution in [0.4, 0.5) is 0 Å². The van der Waals surface area contributed by atoms with Crippen molar-refractivity contribution in [3.63, 3.8) is 0 Å². The smallest absolute Gasteiger partial charge is 0.285 e. The lowest BCUT2D eigenvalue weighted by atomic mass is 10.2. The number of sulfonamides is 1. The van der Waals surface area contributed by atoms with E-state index in [0.29, 0.717) is 11.3 Å². The molecule has 3 aromatic rings. The Morgan fingerprint density at radius 1 is 0.800 bits per heavy atom. The van der Waals surface area contributed by atoms with Crippen molar-refractivity contribution in [2.75, 3.05) is 0 Å². The minimum absolute atomic E-state index is 0.0405. The Hall–Kier alpha value is -2.92. The molecule has 3 aromatic carbocycles. The maximum absolute atomic E-state index is 12.6. The second-order valence-electron chi connectivity index (χ2n) is 5.42. The summed E-state index contributed by atoms with van der Waals surface area (Å²) in [5, 5.41) is 0. The molecule has 0 aliphatic carbocycles. The Morgan fingerprint density at radius 2 is 1.36 bits per heavy atom. The fourth-order valence-electron chi connectivity index (χ4n) is 2.24.